The van der Waals surface area contributed by atoms with Crippen LogP contribution in [0.3, 0.4) is 0 Å². The van der Waals surface area contributed by atoms with Gasteiger partial charge in [-0.05, 0) is 110 Å². The Morgan fingerprint density at radius 3 is 0.681 bits per heavy atom. The second-order valence-corrected chi connectivity index (χ2v) is 24.1. The zero-order chi connectivity index (χ0) is 49.5. The highest BCUT2D eigenvalue weighted by atomic mass is 32.1. The van der Waals surface area contributed by atoms with Crippen molar-refractivity contribution >= 4 is 21.4 Å². The molecule has 404 valence electrons. The van der Waals surface area contributed by atoms with E-state index in [4.69, 9.17) is 0 Å². The van der Waals surface area contributed by atoms with Crippen LogP contribution >= 0.6 is 11.3 Å². The topological polar surface area (TPSA) is 0 Å². The van der Waals surface area contributed by atoms with Gasteiger partial charge in [-0.2, -0.15) is 0 Å². The van der Waals surface area contributed by atoms with E-state index >= 15 is 0 Å². The summed E-state index contributed by atoms with van der Waals surface area (Å²) >= 11 is 2.37. The smallest absolute Gasteiger partial charge is 0.0386 e. The van der Waals surface area contributed by atoms with Crippen LogP contribution in [0.15, 0.2) is 0 Å². The molecule has 0 radical (unpaired) electrons. The van der Waals surface area contributed by atoms with Crippen molar-refractivity contribution in [2.75, 3.05) is 0 Å². The van der Waals surface area contributed by atoms with E-state index in [2.05, 4.69) is 52.9 Å². The summed E-state index contributed by atoms with van der Waals surface area (Å²) in [7, 11) is 0. The molecule has 2 rings (SSSR count). The lowest BCUT2D eigenvalue weighted by molar-refractivity contribution is 0.565. The third-order valence-electron chi connectivity index (χ3n) is 16.4. The van der Waals surface area contributed by atoms with Gasteiger partial charge in [0.15, 0.2) is 0 Å². The monoisotopic (exact) mass is 975 g/mol. The van der Waals surface area contributed by atoms with Gasteiger partial charge in [0.25, 0.3) is 0 Å². The molecular formula is C68H126S. The molecule has 2 aromatic rings. The minimum atomic E-state index is 1.34. The molecule has 0 fully saturated rings. The molecular weight excluding hydrogens is 849 g/mol. The first-order valence-electron chi connectivity index (χ1n) is 32.8. The van der Waals surface area contributed by atoms with Crippen molar-refractivity contribution in [2.24, 2.45) is 0 Å². The Bertz CT molecular complexity index is 1380. The van der Waals surface area contributed by atoms with E-state index in [1.807, 2.05) is 42.8 Å². The zero-order valence-electron chi connectivity index (χ0n) is 48.6. The van der Waals surface area contributed by atoms with Gasteiger partial charge in [-0.3, -0.25) is 0 Å². The van der Waals surface area contributed by atoms with Crippen LogP contribution in [0.25, 0.3) is 10.1 Å². The summed E-state index contributed by atoms with van der Waals surface area (Å²) in [5.41, 5.74) is 9.50. The van der Waals surface area contributed by atoms with Gasteiger partial charge in [0.2, 0.25) is 0 Å². The van der Waals surface area contributed by atoms with E-state index in [0.717, 1.165) is 0 Å². The van der Waals surface area contributed by atoms with E-state index in [1.54, 1.807) is 0 Å². The highest BCUT2D eigenvalue weighted by Gasteiger charge is 2.25. The molecule has 0 saturated heterocycles. The number of hydrogen-bond acceptors (Lipinski definition) is 1. The summed E-state index contributed by atoms with van der Waals surface area (Å²) in [5, 5.41) is 1.87. The number of rotatable bonds is 54. The number of thiophene rings is 1. The number of unbranched alkanes of at least 4 members (excludes halogenated alkanes) is 42. The Hall–Kier alpha value is -0.820. The van der Waals surface area contributed by atoms with Crippen LogP contribution in [0.1, 0.15) is 382 Å². The first kappa shape index (κ1) is 64.3. The third-order valence-corrected chi connectivity index (χ3v) is 17.8. The van der Waals surface area contributed by atoms with E-state index in [9.17, 15) is 0 Å². The van der Waals surface area contributed by atoms with Gasteiger partial charge in [0, 0.05) is 9.58 Å². The van der Waals surface area contributed by atoms with Crippen molar-refractivity contribution in [3.8, 4) is 0 Å². The Labute approximate surface area is 440 Å². The van der Waals surface area contributed by atoms with Crippen molar-refractivity contribution in [1.29, 1.82) is 0 Å². The number of benzene rings is 1. The summed E-state index contributed by atoms with van der Waals surface area (Å²) < 4.78 is 1.82. The predicted molar refractivity (Wildman–Crippen MR) is 320 cm³/mol. The van der Waals surface area contributed by atoms with E-state index in [0.29, 0.717) is 0 Å². The average molecular weight is 976 g/mol. The number of aryl methyl sites for hydroxylation is 4. The molecule has 0 aliphatic heterocycles. The van der Waals surface area contributed by atoms with E-state index in [1.165, 1.54) is 347 Å². The molecule has 1 aromatic heterocycles. The molecule has 0 atom stereocenters. The maximum atomic E-state index is 2.37. The van der Waals surface area contributed by atoms with Gasteiger partial charge in [-0.25, -0.2) is 0 Å². The minimum absolute atomic E-state index is 1.34. The molecule has 0 nitrogen and oxygen atoms in total. The quantitative estimate of drug-likeness (QED) is 0.0580. The van der Waals surface area contributed by atoms with Crippen molar-refractivity contribution in [3.05, 3.63) is 32.7 Å². The Morgan fingerprint density at radius 1 is 0.188 bits per heavy atom. The van der Waals surface area contributed by atoms with Gasteiger partial charge in [-0.15, -0.1) is 11.3 Å². The molecule has 0 N–H and O–H groups in total. The Balaban J connectivity index is 2.68. The van der Waals surface area contributed by atoms with Gasteiger partial charge in [0.05, 0.1) is 0 Å². The molecule has 0 unspecified atom stereocenters. The van der Waals surface area contributed by atoms with Gasteiger partial charge in [0.1, 0.15) is 0 Å². The van der Waals surface area contributed by atoms with Crippen molar-refractivity contribution in [2.45, 2.75) is 388 Å². The molecule has 0 spiro atoms. The fourth-order valence-corrected chi connectivity index (χ4v) is 13.4. The fraction of sp³-hybridized carbons (Fsp3) is 0.882. The molecule has 0 aliphatic rings. The lowest BCUT2D eigenvalue weighted by Gasteiger charge is -2.23. The van der Waals surface area contributed by atoms with Gasteiger partial charge < -0.3 is 0 Å². The fourth-order valence-electron chi connectivity index (χ4n) is 11.9. The van der Waals surface area contributed by atoms with Crippen LogP contribution < -0.4 is 0 Å². The standard InChI is InChI=1S/C68H126S/c1-7-13-19-25-31-37-43-49-55-61-62(56-50-44-38-32-26-20-14-8-2)64(58-52-46-40-34-28-22-16-10-4)68-67(63(61)57-51-45-39-33-27-21-15-9-3)65(59-53-47-41-35-29-23-17-11-5)66(69-68)60-54-48-42-36-30-24-18-12-6/h7-60H2,1-6H3. The molecule has 69 heavy (non-hydrogen) atoms. The highest BCUT2D eigenvalue weighted by Crippen LogP contribution is 2.44. The second kappa shape index (κ2) is 48.1. The molecule has 0 aliphatic carbocycles. The lowest BCUT2D eigenvalue weighted by Crippen LogP contribution is -2.09. The van der Waals surface area contributed by atoms with Crippen LogP contribution in [0.4, 0.5) is 0 Å². The van der Waals surface area contributed by atoms with Crippen LogP contribution in [0.2, 0.25) is 0 Å². The van der Waals surface area contributed by atoms with Crippen LogP contribution in [-0.4, -0.2) is 0 Å². The van der Waals surface area contributed by atoms with Crippen molar-refractivity contribution < 1.29 is 0 Å². The predicted octanol–water partition coefficient (Wildman–Crippen LogP) is 25.0. The summed E-state index contributed by atoms with van der Waals surface area (Å²) in [6.07, 6.45) is 76.6. The van der Waals surface area contributed by atoms with Gasteiger partial charge in [-0.1, -0.05) is 311 Å². The normalized spacial score (nSPS) is 11.9. The third kappa shape index (κ3) is 31.5. The van der Waals surface area contributed by atoms with Crippen molar-refractivity contribution in [3.63, 3.8) is 0 Å². The van der Waals surface area contributed by atoms with Crippen LogP contribution in [0.5, 0.6) is 0 Å². The summed E-state index contributed by atoms with van der Waals surface area (Å²) in [5.74, 6) is 0. The first-order valence-corrected chi connectivity index (χ1v) is 33.6. The highest BCUT2D eigenvalue weighted by molar-refractivity contribution is 7.19. The average Bonchev–Trinajstić information content (AvgIpc) is 3.72. The largest absolute Gasteiger partial charge is 0.140 e. The van der Waals surface area contributed by atoms with Crippen LogP contribution in [0, 0.1) is 0 Å². The number of hydrogen-bond donors (Lipinski definition) is 0. The van der Waals surface area contributed by atoms with Gasteiger partial charge >= 0.3 is 0 Å². The summed E-state index contributed by atoms with van der Waals surface area (Å²) in [4.78, 5) is 1.84. The minimum Gasteiger partial charge on any atom is -0.140 e. The summed E-state index contributed by atoms with van der Waals surface area (Å²) in [6, 6.07) is 0. The SMILES string of the molecule is CCCCCCCCCCc1sc2c(CCCCCCCCCC)c(CCCCCCCCCC)c(CCCCCCCCCC)c(CCCCCCCCCC)c2c1CCCCCCCCCC. The Morgan fingerprint density at radius 2 is 0.391 bits per heavy atom. The molecule has 1 heteroatoms. The number of fused-ring (bicyclic) bond motifs is 1. The maximum absolute atomic E-state index is 2.37. The lowest BCUT2D eigenvalue weighted by atomic mass is 9.82. The first-order chi connectivity index (χ1) is 34.2. The molecule has 0 bridgehead atoms. The Kier molecular flexibility index (Phi) is 44.9. The van der Waals surface area contributed by atoms with E-state index < -0.39 is 0 Å². The van der Waals surface area contributed by atoms with Crippen LogP contribution in [-0.2, 0) is 38.5 Å². The zero-order valence-corrected chi connectivity index (χ0v) is 49.4. The molecule has 1 heterocycles. The molecule has 1 aromatic carbocycles. The second-order valence-electron chi connectivity index (χ2n) is 23.0. The molecule has 0 saturated carbocycles. The summed E-state index contributed by atoms with van der Waals surface area (Å²) in [6.45, 7) is 14.2. The van der Waals surface area contributed by atoms with Crippen molar-refractivity contribution in [1.82, 2.24) is 0 Å². The van der Waals surface area contributed by atoms with E-state index in [-0.39, 0.29) is 0 Å². The molecule has 0 amide bonds. The maximum Gasteiger partial charge on any atom is 0.0386 e.